The van der Waals surface area contributed by atoms with Crippen LogP contribution >= 0.6 is 0 Å². The molecule has 0 atom stereocenters. The molecule has 0 radical (unpaired) electrons. The SMILES string of the molecule is COC(=O)OC(=C(C#N)c1coc(-c2c(F)cccc2F)n1)c1ccccc1C(F)(F)F. The molecule has 0 saturated carbocycles. The highest BCUT2D eigenvalue weighted by atomic mass is 19.4. The number of ether oxygens (including phenoxy) is 2. The van der Waals surface area contributed by atoms with Gasteiger partial charge in [0, 0.05) is 5.56 Å². The van der Waals surface area contributed by atoms with Crippen LogP contribution < -0.4 is 0 Å². The predicted molar refractivity (Wildman–Crippen MR) is 99.2 cm³/mol. The third kappa shape index (κ3) is 4.44. The maximum Gasteiger partial charge on any atom is 0.513 e. The van der Waals surface area contributed by atoms with Gasteiger partial charge in [0.15, 0.2) is 5.76 Å². The summed E-state index contributed by atoms with van der Waals surface area (Å²) in [5.41, 5.74) is -3.62. The van der Waals surface area contributed by atoms with Crippen LogP contribution in [0.1, 0.15) is 16.8 Å². The molecule has 3 aromatic rings. The molecular weight excluding hydrogens is 439 g/mol. The van der Waals surface area contributed by atoms with Crippen molar-refractivity contribution in [1.29, 1.82) is 5.26 Å². The highest BCUT2D eigenvalue weighted by molar-refractivity contribution is 5.96. The molecule has 1 heterocycles. The number of halogens is 5. The number of nitriles is 1. The lowest BCUT2D eigenvalue weighted by Gasteiger charge is -2.15. The Bertz CT molecular complexity index is 1220. The molecule has 0 saturated heterocycles. The van der Waals surface area contributed by atoms with E-state index in [2.05, 4.69) is 9.72 Å². The number of alkyl halides is 3. The average molecular weight is 450 g/mol. The number of hydrogen-bond acceptors (Lipinski definition) is 6. The zero-order chi connectivity index (χ0) is 23.5. The van der Waals surface area contributed by atoms with Crippen LogP contribution in [0.5, 0.6) is 0 Å². The Morgan fingerprint density at radius 3 is 2.34 bits per heavy atom. The van der Waals surface area contributed by atoms with Crippen LogP contribution in [0.3, 0.4) is 0 Å². The minimum absolute atomic E-state index is 0.430. The first-order valence-corrected chi connectivity index (χ1v) is 8.64. The Labute approximate surface area is 177 Å². The molecule has 0 aliphatic rings. The molecule has 0 amide bonds. The summed E-state index contributed by atoms with van der Waals surface area (Å²) in [6.07, 6.45) is -5.49. The maximum absolute atomic E-state index is 14.0. The summed E-state index contributed by atoms with van der Waals surface area (Å²) < 4.78 is 82.8. The molecule has 0 unspecified atom stereocenters. The summed E-state index contributed by atoms with van der Waals surface area (Å²) in [5.74, 6) is -3.45. The van der Waals surface area contributed by atoms with Crippen LogP contribution in [-0.4, -0.2) is 18.2 Å². The summed E-state index contributed by atoms with van der Waals surface area (Å²) in [6, 6.07) is 8.58. The first kappa shape index (κ1) is 22.5. The smallest absolute Gasteiger partial charge is 0.444 e. The topological polar surface area (TPSA) is 85.4 Å². The second-order valence-corrected chi connectivity index (χ2v) is 6.05. The number of oxazole rings is 1. The van der Waals surface area contributed by atoms with Crippen molar-refractivity contribution in [3.63, 3.8) is 0 Å². The Balaban J connectivity index is 2.25. The van der Waals surface area contributed by atoms with Gasteiger partial charge in [0.05, 0.1) is 12.7 Å². The summed E-state index contributed by atoms with van der Waals surface area (Å²) in [5, 5.41) is 9.63. The summed E-state index contributed by atoms with van der Waals surface area (Å²) in [4.78, 5) is 15.5. The van der Waals surface area contributed by atoms with Gasteiger partial charge in [0.2, 0.25) is 5.89 Å². The predicted octanol–water partition coefficient (Wildman–Crippen LogP) is 5.81. The maximum atomic E-state index is 14.0. The van der Waals surface area contributed by atoms with E-state index in [-0.39, 0.29) is 0 Å². The van der Waals surface area contributed by atoms with Crippen molar-refractivity contribution >= 4 is 17.5 Å². The lowest BCUT2D eigenvalue weighted by atomic mass is 10.0. The van der Waals surface area contributed by atoms with Gasteiger partial charge < -0.3 is 13.9 Å². The molecule has 2 aromatic carbocycles. The zero-order valence-corrected chi connectivity index (χ0v) is 16.0. The molecule has 0 N–H and O–H groups in total. The van der Waals surface area contributed by atoms with Crippen LogP contribution in [0.2, 0.25) is 0 Å². The van der Waals surface area contributed by atoms with E-state index in [1.165, 1.54) is 6.07 Å². The monoisotopic (exact) mass is 450 g/mol. The minimum atomic E-state index is -4.87. The van der Waals surface area contributed by atoms with Gasteiger partial charge in [-0.2, -0.15) is 18.4 Å². The average Bonchev–Trinajstić information content (AvgIpc) is 3.22. The molecule has 1 aromatic heterocycles. The fraction of sp³-hybridized carbons (Fsp3) is 0.0952. The van der Waals surface area contributed by atoms with Crippen molar-refractivity contribution in [1.82, 2.24) is 4.98 Å². The number of carbonyl (C=O) groups excluding carboxylic acids is 1. The van der Waals surface area contributed by atoms with Gasteiger partial charge >= 0.3 is 12.3 Å². The molecule has 0 spiro atoms. The van der Waals surface area contributed by atoms with E-state index in [0.717, 1.165) is 43.7 Å². The Hall–Kier alpha value is -4.20. The number of hydrogen-bond donors (Lipinski definition) is 0. The van der Waals surface area contributed by atoms with E-state index >= 15 is 0 Å². The first-order valence-electron chi connectivity index (χ1n) is 8.64. The van der Waals surface area contributed by atoms with Gasteiger partial charge in [-0.05, 0) is 18.2 Å². The largest absolute Gasteiger partial charge is 0.513 e. The highest BCUT2D eigenvalue weighted by Crippen LogP contribution is 2.38. The molecule has 11 heteroatoms. The van der Waals surface area contributed by atoms with E-state index in [0.29, 0.717) is 6.07 Å². The van der Waals surface area contributed by atoms with Gasteiger partial charge in [-0.3, -0.25) is 0 Å². The molecule has 3 rings (SSSR count). The molecule has 0 aliphatic heterocycles. The van der Waals surface area contributed by atoms with Gasteiger partial charge in [0.25, 0.3) is 0 Å². The van der Waals surface area contributed by atoms with Crippen LogP contribution in [0.25, 0.3) is 22.8 Å². The fourth-order valence-electron chi connectivity index (χ4n) is 2.72. The third-order valence-electron chi connectivity index (χ3n) is 4.10. The molecular formula is C21H11F5N2O4. The van der Waals surface area contributed by atoms with Gasteiger partial charge in [0.1, 0.15) is 40.8 Å². The molecule has 0 bridgehead atoms. The first-order chi connectivity index (χ1) is 15.2. The van der Waals surface area contributed by atoms with Gasteiger partial charge in [-0.1, -0.05) is 24.3 Å². The van der Waals surface area contributed by atoms with Crippen LogP contribution in [-0.2, 0) is 15.7 Å². The van der Waals surface area contributed by atoms with Crippen molar-refractivity contribution in [3.05, 3.63) is 77.2 Å². The van der Waals surface area contributed by atoms with Crippen molar-refractivity contribution in [2.24, 2.45) is 0 Å². The number of carbonyl (C=O) groups is 1. The summed E-state index contributed by atoms with van der Waals surface area (Å²) in [6.45, 7) is 0. The number of methoxy groups -OCH3 is 1. The van der Waals surface area contributed by atoms with E-state index in [9.17, 15) is 32.0 Å². The second-order valence-electron chi connectivity index (χ2n) is 6.05. The molecule has 32 heavy (non-hydrogen) atoms. The van der Waals surface area contributed by atoms with Crippen LogP contribution in [0.15, 0.2) is 53.1 Å². The van der Waals surface area contributed by atoms with Gasteiger partial charge in [-0.25, -0.2) is 18.6 Å². The van der Waals surface area contributed by atoms with Crippen molar-refractivity contribution in [3.8, 4) is 17.5 Å². The van der Waals surface area contributed by atoms with Crippen molar-refractivity contribution in [2.45, 2.75) is 6.18 Å². The number of rotatable bonds is 4. The number of nitrogens with zero attached hydrogens (tertiary/aromatic N) is 2. The lowest BCUT2D eigenvalue weighted by molar-refractivity contribution is -0.137. The number of aromatic nitrogens is 1. The van der Waals surface area contributed by atoms with E-state index in [4.69, 9.17) is 9.15 Å². The Kier molecular flexibility index (Phi) is 6.25. The minimum Gasteiger partial charge on any atom is -0.444 e. The third-order valence-corrected chi connectivity index (χ3v) is 4.10. The van der Waals surface area contributed by atoms with Crippen LogP contribution in [0, 0.1) is 23.0 Å². The molecule has 164 valence electrons. The fourth-order valence-corrected chi connectivity index (χ4v) is 2.72. The molecule has 6 nitrogen and oxygen atoms in total. The van der Waals surface area contributed by atoms with E-state index < -0.39 is 63.6 Å². The van der Waals surface area contributed by atoms with Crippen LogP contribution in [0.4, 0.5) is 26.7 Å². The Morgan fingerprint density at radius 1 is 1.09 bits per heavy atom. The summed E-state index contributed by atoms with van der Waals surface area (Å²) in [7, 11) is 0.914. The Morgan fingerprint density at radius 2 is 1.75 bits per heavy atom. The zero-order valence-electron chi connectivity index (χ0n) is 16.0. The number of allylic oxidation sites excluding steroid dienone is 1. The number of benzene rings is 2. The molecule has 0 aliphatic carbocycles. The van der Waals surface area contributed by atoms with Crippen molar-refractivity contribution in [2.75, 3.05) is 7.11 Å². The second kappa shape index (κ2) is 8.89. The standard InChI is InChI=1S/C21H11F5N2O4/c1-30-20(29)32-18(11-5-2-3-6-13(11)21(24,25)26)12(9-27)16-10-31-19(28-16)17-14(22)7-4-8-15(17)23/h2-8,10H,1H3. The van der Waals surface area contributed by atoms with E-state index in [1.807, 2.05) is 0 Å². The normalized spacial score (nSPS) is 12.0. The highest BCUT2D eigenvalue weighted by Gasteiger charge is 2.36. The van der Waals surface area contributed by atoms with Gasteiger partial charge in [-0.15, -0.1) is 0 Å². The van der Waals surface area contributed by atoms with E-state index in [1.54, 1.807) is 6.07 Å². The van der Waals surface area contributed by atoms with Crippen molar-refractivity contribution < 1.29 is 40.6 Å². The quantitative estimate of drug-likeness (QED) is 0.216. The summed E-state index contributed by atoms with van der Waals surface area (Å²) >= 11 is 0. The molecule has 0 fully saturated rings. The lowest BCUT2D eigenvalue weighted by Crippen LogP contribution is -2.12.